The van der Waals surface area contributed by atoms with Crippen molar-refractivity contribution in [2.75, 3.05) is 44.7 Å². The summed E-state index contributed by atoms with van der Waals surface area (Å²) < 4.78 is 19.7. The summed E-state index contributed by atoms with van der Waals surface area (Å²) in [7, 11) is 1.08. The normalized spacial score (nSPS) is 15.2. The lowest BCUT2D eigenvalue weighted by atomic mass is 9.78. The van der Waals surface area contributed by atoms with Gasteiger partial charge in [-0.15, -0.1) is 0 Å². The largest absolute Gasteiger partial charge is 0.495 e. The highest BCUT2D eigenvalue weighted by Gasteiger charge is 2.31. The number of aromatic nitrogens is 4. The van der Waals surface area contributed by atoms with Crippen molar-refractivity contribution >= 4 is 62.6 Å². The summed E-state index contributed by atoms with van der Waals surface area (Å²) in [5.41, 5.74) is 5.27. The minimum atomic E-state index is -2.72. The standard InChI is InChI=1S/C27H31BrN7O2P/c1-27(2)15-35(3)14-16-11-22(37-4)21(12-17(16)27)33-26-31-13-18(28)25(34-26)32-20-8-7-19-23(30-10-9-29-19)24(20)38(5,6)36/h7-13H,14-15H2,1-6H3,(H2,31,32,33,34). The first-order chi connectivity index (χ1) is 18.0. The Morgan fingerprint density at radius 2 is 1.84 bits per heavy atom. The molecule has 0 aliphatic carbocycles. The highest BCUT2D eigenvalue weighted by Crippen LogP contribution is 2.42. The first-order valence-electron chi connectivity index (χ1n) is 12.2. The number of nitrogens with zero attached hydrogens (tertiary/aromatic N) is 5. The molecule has 0 saturated carbocycles. The Kier molecular flexibility index (Phi) is 6.92. The van der Waals surface area contributed by atoms with Crippen LogP contribution < -0.4 is 20.7 Å². The third-order valence-electron chi connectivity index (χ3n) is 6.66. The number of anilines is 4. The molecule has 0 spiro atoms. The van der Waals surface area contributed by atoms with E-state index in [1.807, 2.05) is 12.1 Å². The van der Waals surface area contributed by atoms with Crippen LogP contribution >= 0.6 is 23.1 Å². The fraction of sp³-hybridized carbons (Fsp3) is 0.333. The van der Waals surface area contributed by atoms with Gasteiger partial charge in [0.25, 0.3) is 0 Å². The van der Waals surface area contributed by atoms with Crippen LogP contribution in [0, 0.1) is 0 Å². The third-order valence-corrected chi connectivity index (χ3v) is 8.77. The topological polar surface area (TPSA) is 105 Å². The van der Waals surface area contributed by atoms with Gasteiger partial charge in [-0.3, -0.25) is 9.97 Å². The number of hydrogen-bond acceptors (Lipinski definition) is 9. The van der Waals surface area contributed by atoms with Crippen molar-refractivity contribution in [3.63, 3.8) is 0 Å². The van der Waals surface area contributed by atoms with Gasteiger partial charge in [0, 0.05) is 37.1 Å². The van der Waals surface area contributed by atoms with Crippen molar-refractivity contribution in [2.24, 2.45) is 0 Å². The van der Waals surface area contributed by atoms with E-state index < -0.39 is 7.14 Å². The van der Waals surface area contributed by atoms with Crippen LogP contribution in [-0.4, -0.2) is 58.9 Å². The number of ether oxygens (including phenoxy) is 1. The Labute approximate surface area is 231 Å². The Morgan fingerprint density at radius 3 is 2.58 bits per heavy atom. The number of fused-ring (bicyclic) bond motifs is 2. The summed E-state index contributed by atoms with van der Waals surface area (Å²) in [5.74, 6) is 1.65. The summed E-state index contributed by atoms with van der Waals surface area (Å²) in [6.07, 6.45) is 4.92. The quantitative estimate of drug-likeness (QED) is 0.273. The molecule has 198 valence electrons. The zero-order valence-electron chi connectivity index (χ0n) is 22.3. The van der Waals surface area contributed by atoms with Gasteiger partial charge in [-0.25, -0.2) is 4.98 Å². The van der Waals surface area contributed by atoms with Crippen molar-refractivity contribution in [3.05, 3.63) is 58.5 Å². The molecule has 2 aromatic carbocycles. The van der Waals surface area contributed by atoms with E-state index in [1.165, 1.54) is 11.1 Å². The van der Waals surface area contributed by atoms with E-state index in [-0.39, 0.29) is 5.41 Å². The third kappa shape index (κ3) is 5.13. The average molecular weight is 596 g/mol. The van der Waals surface area contributed by atoms with Crippen LogP contribution in [0.5, 0.6) is 5.75 Å². The van der Waals surface area contributed by atoms with E-state index in [9.17, 15) is 4.57 Å². The molecule has 0 fully saturated rings. The van der Waals surface area contributed by atoms with E-state index in [4.69, 9.17) is 9.72 Å². The number of likely N-dealkylation sites (N-methyl/N-ethyl adjacent to an activating group) is 1. The molecule has 0 bridgehead atoms. The van der Waals surface area contributed by atoms with Gasteiger partial charge in [-0.05, 0) is 71.7 Å². The molecule has 0 saturated heterocycles. The highest BCUT2D eigenvalue weighted by atomic mass is 79.9. The maximum atomic E-state index is 13.3. The predicted octanol–water partition coefficient (Wildman–Crippen LogP) is 5.65. The van der Waals surface area contributed by atoms with Crippen molar-refractivity contribution in [2.45, 2.75) is 25.8 Å². The lowest BCUT2D eigenvalue weighted by molar-refractivity contribution is 0.235. The van der Waals surface area contributed by atoms with Crippen LogP contribution in [0.15, 0.2) is 47.3 Å². The highest BCUT2D eigenvalue weighted by molar-refractivity contribution is 9.10. The second-order valence-electron chi connectivity index (χ2n) is 10.6. The molecule has 9 nitrogen and oxygen atoms in total. The van der Waals surface area contributed by atoms with E-state index >= 15 is 0 Å². The van der Waals surface area contributed by atoms with Gasteiger partial charge in [0.1, 0.15) is 24.2 Å². The summed E-state index contributed by atoms with van der Waals surface area (Å²) in [5, 5.41) is 7.33. The minimum absolute atomic E-state index is 0.0120. The van der Waals surface area contributed by atoms with E-state index in [0.717, 1.165) is 24.5 Å². The van der Waals surface area contributed by atoms with Gasteiger partial charge in [0.05, 0.1) is 33.8 Å². The minimum Gasteiger partial charge on any atom is -0.495 e. The second kappa shape index (κ2) is 9.91. The van der Waals surface area contributed by atoms with Crippen LogP contribution in [0.1, 0.15) is 25.0 Å². The Balaban J connectivity index is 1.52. The first-order valence-corrected chi connectivity index (χ1v) is 15.6. The summed E-state index contributed by atoms with van der Waals surface area (Å²) in [6, 6.07) is 7.95. The number of halogens is 1. The molecule has 0 radical (unpaired) electrons. The second-order valence-corrected chi connectivity index (χ2v) is 14.6. The molecule has 0 unspecified atom stereocenters. The maximum absolute atomic E-state index is 13.3. The Hall–Kier alpha value is -3.07. The predicted molar refractivity (Wildman–Crippen MR) is 157 cm³/mol. The van der Waals surface area contributed by atoms with Gasteiger partial charge in [0.2, 0.25) is 5.95 Å². The summed E-state index contributed by atoms with van der Waals surface area (Å²) >= 11 is 3.55. The molecule has 0 atom stereocenters. The fourth-order valence-corrected chi connectivity index (χ4v) is 6.87. The summed E-state index contributed by atoms with van der Waals surface area (Å²) in [4.78, 5) is 20.4. The summed E-state index contributed by atoms with van der Waals surface area (Å²) in [6.45, 7) is 9.79. The molecule has 5 rings (SSSR count). The SMILES string of the molecule is COc1cc2c(cc1Nc1ncc(Br)c(Nc3ccc4nccnc4c3P(C)(C)=O)n1)C(C)(C)CN(C)C2. The van der Waals surface area contributed by atoms with E-state index in [2.05, 4.69) is 79.4 Å². The number of benzene rings is 2. The zero-order valence-corrected chi connectivity index (χ0v) is 24.8. The van der Waals surface area contributed by atoms with Crippen LogP contribution in [0.4, 0.5) is 23.1 Å². The van der Waals surface area contributed by atoms with E-state index in [0.29, 0.717) is 38.3 Å². The Morgan fingerprint density at radius 1 is 1.08 bits per heavy atom. The monoisotopic (exact) mass is 595 g/mol. The van der Waals surface area contributed by atoms with Crippen LogP contribution in [0.25, 0.3) is 11.0 Å². The molecule has 0 amide bonds. The zero-order chi connectivity index (χ0) is 27.2. The van der Waals surface area contributed by atoms with Crippen LogP contribution in [0.3, 0.4) is 0 Å². The van der Waals surface area contributed by atoms with Gasteiger partial charge in [0.15, 0.2) is 0 Å². The van der Waals surface area contributed by atoms with Gasteiger partial charge >= 0.3 is 0 Å². The molecular weight excluding hydrogens is 565 g/mol. The van der Waals surface area contributed by atoms with Crippen LogP contribution in [0.2, 0.25) is 0 Å². The van der Waals surface area contributed by atoms with Crippen molar-refractivity contribution < 1.29 is 9.30 Å². The Bertz CT molecular complexity index is 1590. The smallest absolute Gasteiger partial charge is 0.229 e. The molecular formula is C27H31BrN7O2P. The van der Waals surface area contributed by atoms with Crippen molar-refractivity contribution in [1.82, 2.24) is 24.8 Å². The number of methoxy groups -OCH3 is 1. The molecule has 38 heavy (non-hydrogen) atoms. The fourth-order valence-electron chi connectivity index (χ4n) is 5.19. The number of rotatable bonds is 6. The molecule has 1 aliphatic heterocycles. The molecule has 2 aromatic heterocycles. The van der Waals surface area contributed by atoms with Gasteiger partial charge < -0.3 is 24.8 Å². The van der Waals surface area contributed by atoms with Crippen molar-refractivity contribution in [1.29, 1.82) is 0 Å². The van der Waals surface area contributed by atoms with Gasteiger partial charge in [-0.2, -0.15) is 4.98 Å². The molecule has 11 heteroatoms. The lowest BCUT2D eigenvalue weighted by Crippen LogP contribution is -2.39. The molecule has 1 aliphatic rings. The van der Waals surface area contributed by atoms with Crippen LogP contribution in [-0.2, 0) is 16.5 Å². The lowest BCUT2D eigenvalue weighted by Gasteiger charge is -2.38. The average Bonchev–Trinajstić information content (AvgIpc) is 2.84. The number of hydrogen-bond donors (Lipinski definition) is 2. The maximum Gasteiger partial charge on any atom is 0.229 e. The molecule has 3 heterocycles. The molecule has 2 N–H and O–H groups in total. The van der Waals surface area contributed by atoms with Gasteiger partial charge in [-0.1, -0.05) is 13.8 Å². The van der Waals surface area contributed by atoms with E-state index in [1.54, 1.807) is 39.0 Å². The first kappa shape index (κ1) is 26.5. The van der Waals surface area contributed by atoms with Crippen molar-refractivity contribution in [3.8, 4) is 5.75 Å². The molecule has 4 aromatic rings. The number of nitrogens with one attached hydrogen (secondary N) is 2.